The summed E-state index contributed by atoms with van der Waals surface area (Å²) in [4.78, 5) is 2.04. The quantitative estimate of drug-likeness (QED) is 0.884. The Morgan fingerprint density at radius 3 is 2.47 bits per heavy atom. The van der Waals surface area contributed by atoms with Crippen molar-refractivity contribution >= 4 is 11.8 Å². The van der Waals surface area contributed by atoms with Crippen molar-refractivity contribution < 1.29 is 4.39 Å². The van der Waals surface area contributed by atoms with Gasteiger partial charge >= 0.3 is 0 Å². The van der Waals surface area contributed by atoms with Gasteiger partial charge in [0.05, 0.1) is 0 Å². The van der Waals surface area contributed by atoms with Crippen LogP contribution in [0.25, 0.3) is 0 Å². The van der Waals surface area contributed by atoms with Crippen molar-refractivity contribution in [3.63, 3.8) is 0 Å². The first-order chi connectivity index (χ1) is 8.28. The van der Waals surface area contributed by atoms with Crippen LogP contribution in [0.1, 0.15) is 5.56 Å². The Balaban J connectivity index is 2.08. The Morgan fingerprint density at radius 1 is 1.06 bits per heavy atom. The summed E-state index contributed by atoms with van der Waals surface area (Å²) in [7, 11) is 1.93. The first-order valence-electron chi connectivity index (χ1n) is 5.45. The molecule has 0 aliphatic rings. The Hall–Kier alpha value is -1.32. The van der Waals surface area contributed by atoms with Crippen LogP contribution in [0.15, 0.2) is 58.3 Å². The molecule has 0 saturated carbocycles. The van der Waals surface area contributed by atoms with Gasteiger partial charge in [0.2, 0.25) is 0 Å². The molecule has 0 unspecified atom stereocenters. The molecule has 0 radical (unpaired) electrons. The summed E-state index contributed by atoms with van der Waals surface area (Å²) in [5.74, 6) is -0.193. The molecule has 17 heavy (non-hydrogen) atoms. The lowest BCUT2D eigenvalue weighted by Gasteiger charge is -2.04. The smallest absolute Gasteiger partial charge is 0.124 e. The molecule has 0 spiro atoms. The highest BCUT2D eigenvalue weighted by Crippen LogP contribution is 2.27. The zero-order chi connectivity index (χ0) is 12.1. The molecule has 2 aromatic rings. The second-order valence-electron chi connectivity index (χ2n) is 3.73. The maximum Gasteiger partial charge on any atom is 0.124 e. The zero-order valence-corrected chi connectivity index (χ0v) is 10.4. The molecule has 0 heterocycles. The predicted octanol–water partition coefficient (Wildman–Crippen LogP) is 3.70. The minimum absolute atomic E-state index is 0.193. The van der Waals surface area contributed by atoms with Crippen LogP contribution in [-0.2, 0) is 6.54 Å². The highest BCUT2D eigenvalue weighted by Gasteiger charge is 1.99. The van der Waals surface area contributed by atoms with Gasteiger partial charge in [0.25, 0.3) is 0 Å². The number of hydrogen-bond donors (Lipinski definition) is 1. The maximum absolute atomic E-state index is 13.0. The molecule has 88 valence electrons. The van der Waals surface area contributed by atoms with Gasteiger partial charge in [0.1, 0.15) is 5.82 Å². The summed E-state index contributed by atoms with van der Waals surface area (Å²) >= 11 is 1.57. The summed E-state index contributed by atoms with van der Waals surface area (Å²) in [6.45, 7) is 0.866. The van der Waals surface area contributed by atoms with Crippen molar-refractivity contribution in [3.05, 3.63) is 59.9 Å². The van der Waals surface area contributed by atoms with Gasteiger partial charge in [-0.2, -0.15) is 0 Å². The predicted molar refractivity (Wildman–Crippen MR) is 69.7 cm³/mol. The standard InChI is InChI=1S/C14H14FNS/c1-16-10-11-5-7-13(8-6-11)17-14-4-2-3-12(15)9-14/h2-9,16H,10H2,1H3. The van der Waals surface area contributed by atoms with Crippen LogP contribution in [0.5, 0.6) is 0 Å². The Morgan fingerprint density at radius 2 is 1.82 bits per heavy atom. The van der Waals surface area contributed by atoms with Crippen LogP contribution in [0.2, 0.25) is 0 Å². The van der Waals surface area contributed by atoms with E-state index in [1.54, 1.807) is 23.9 Å². The third-order valence-electron chi connectivity index (χ3n) is 2.34. The Kier molecular flexibility index (Phi) is 4.18. The molecule has 0 bridgehead atoms. The van der Waals surface area contributed by atoms with E-state index in [-0.39, 0.29) is 5.82 Å². The van der Waals surface area contributed by atoms with Crippen molar-refractivity contribution in [2.24, 2.45) is 0 Å². The molecule has 3 heteroatoms. The van der Waals surface area contributed by atoms with E-state index in [1.807, 2.05) is 13.1 Å². The fourth-order valence-electron chi connectivity index (χ4n) is 1.55. The first kappa shape index (κ1) is 12.1. The number of halogens is 1. The molecular weight excluding hydrogens is 233 g/mol. The highest BCUT2D eigenvalue weighted by molar-refractivity contribution is 7.99. The molecule has 1 nitrogen and oxygen atoms in total. The largest absolute Gasteiger partial charge is 0.316 e. The fourth-order valence-corrected chi connectivity index (χ4v) is 2.41. The molecule has 0 amide bonds. The van der Waals surface area contributed by atoms with Crippen molar-refractivity contribution in [3.8, 4) is 0 Å². The van der Waals surface area contributed by atoms with Crippen LogP contribution in [0.3, 0.4) is 0 Å². The van der Waals surface area contributed by atoms with Gasteiger partial charge < -0.3 is 5.32 Å². The molecular formula is C14H14FNS. The van der Waals surface area contributed by atoms with Crippen molar-refractivity contribution in [1.82, 2.24) is 5.32 Å². The average Bonchev–Trinajstić information content (AvgIpc) is 2.32. The van der Waals surface area contributed by atoms with Crippen LogP contribution in [0, 0.1) is 5.82 Å². The number of benzene rings is 2. The van der Waals surface area contributed by atoms with Gasteiger partial charge in [-0.25, -0.2) is 4.39 Å². The first-order valence-corrected chi connectivity index (χ1v) is 6.26. The van der Waals surface area contributed by atoms with Crippen LogP contribution < -0.4 is 5.32 Å². The lowest BCUT2D eigenvalue weighted by atomic mass is 10.2. The van der Waals surface area contributed by atoms with Gasteiger partial charge in [-0.05, 0) is 42.9 Å². The molecule has 0 atom stereocenters. The van der Waals surface area contributed by atoms with E-state index < -0.39 is 0 Å². The number of nitrogens with one attached hydrogen (secondary N) is 1. The topological polar surface area (TPSA) is 12.0 Å². The third kappa shape index (κ3) is 3.58. The van der Waals surface area contributed by atoms with Gasteiger partial charge in [-0.1, -0.05) is 30.0 Å². The molecule has 0 fully saturated rings. The molecule has 2 aromatic carbocycles. The molecule has 2 rings (SSSR count). The van der Waals surface area contributed by atoms with E-state index in [2.05, 4.69) is 29.6 Å². The third-order valence-corrected chi connectivity index (χ3v) is 3.33. The van der Waals surface area contributed by atoms with E-state index in [1.165, 1.54) is 11.6 Å². The average molecular weight is 247 g/mol. The van der Waals surface area contributed by atoms with Gasteiger partial charge in [0.15, 0.2) is 0 Å². The summed E-state index contributed by atoms with van der Waals surface area (Å²) in [5, 5.41) is 3.10. The maximum atomic E-state index is 13.0. The minimum atomic E-state index is -0.193. The SMILES string of the molecule is CNCc1ccc(Sc2cccc(F)c2)cc1. The Labute approximate surface area is 105 Å². The number of hydrogen-bond acceptors (Lipinski definition) is 2. The molecule has 1 N–H and O–H groups in total. The van der Waals surface area contributed by atoms with E-state index in [9.17, 15) is 4.39 Å². The van der Waals surface area contributed by atoms with E-state index in [4.69, 9.17) is 0 Å². The second-order valence-corrected chi connectivity index (χ2v) is 4.88. The van der Waals surface area contributed by atoms with Gasteiger partial charge in [0, 0.05) is 16.3 Å². The normalized spacial score (nSPS) is 10.5. The van der Waals surface area contributed by atoms with E-state index in [0.29, 0.717) is 0 Å². The van der Waals surface area contributed by atoms with E-state index >= 15 is 0 Å². The minimum Gasteiger partial charge on any atom is -0.316 e. The van der Waals surface area contributed by atoms with Crippen molar-refractivity contribution in [1.29, 1.82) is 0 Å². The lowest BCUT2D eigenvalue weighted by Crippen LogP contribution is -2.04. The van der Waals surface area contributed by atoms with Gasteiger partial charge in [-0.15, -0.1) is 0 Å². The molecule has 0 aliphatic carbocycles. The Bertz CT molecular complexity index is 482. The second kappa shape index (κ2) is 5.84. The van der Waals surface area contributed by atoms with Gasteiger partial charge in [-0.3, -0.25) is 0 Å². The highest BCUT2D eigenvalue weighted by atomic mass is 32.2. The molecule has 0 saturated heterocycles. The fraction of sp³-hybridized carbons (Fsp3) is 0.143. The van der Waals surface area contributed by atoms with Crippen LogP contribution in [-0.4, -0.2) is 7.05 Å². The zero-order valence-electron chi connectivity index (χ0n) is 9.61. The monoisotopic (exact) mass is 247 g/mol. The number of rotatable bonds is 4. The van der Waals surface area contributed by atoms with Crippen molar-refractivity contribution in [2.45, 2.75) is 16.3 Å². The van der Waals surface area contributed by atoms with Crippen molar-refractivity contribution in [2.75, 3.05) is 7.05 Å². The van der Waals surface area contributed by atoms with Crippen LogP contribution >= 0.6 is 11.8 Å². The summed E-state index contributed by atoms with van der Waals surface area (Å²) in [6, 6.07) is 14.9. The van der Waals surface area contributed by atoms with E-state index in [0.717, 1.165) is 16.3 Å². The lowest BCUT2D eigenvalue weighted by molar-refractivity contribution is 0.624. The summed E-state index contributed by atoms with van der Waals surface area (Å²) in [5.41, 5.74) is 1.25. The molecule has 0 aromatic heterocycles. The summed E-state index contributed by atoms with van der Waals surface area (Å²) < 4.78 is 13.0. The molecule has 0 aliphatic heterocycles. The summed E-state index contributed by atoms with van der Waals surface area (Å²) in [6.07, 6.45) is 0. The van der Waals surface area contributed by atoms with Crippen LogP contribution in [0.4, 0.5) is 4.39 Å².